The van der Waals surface area contributed by atoms with Crippen molar-refractivity contribution in [1.82, 2.24) is 15.2 Å². The molecule has 0 aliphatic carbocycles. The van der Waals surface area contributed by atoms with Crippen molar-refractivity contribution in [3.8, 4) is 0 Å². The van der Waals surface area contributed by atoms with E-state index in [1.54, 1.807) is 0 Å². The number of nitrogens with one attached hydrogen (secondary N) is 2. The van der Waals surface area contributed by atoms with Gasteiger partial charge in [0.2, 0.25) is 0 Å². The van der Waals surface area contributed by atoms with Gasteiger partial charge in [-0.05, 0) is 41.1 Å². The van der Waals surface area contributed by atoms with Gasteiger partial charge in [-0.15, -0.1) is 9.24 Å². The predicted octanol–water partition coefficient (Wildman–Crippen LogP) is 3.10. The molecule has 4 rings (SSSR count). The standard InChI is InChI=1S/C19H20N3PS/c23-18-8-4-1-5-13(18)11-20-19(24)22-10-9-15-14-6-2-3-7-16(14)21-17(15)12-22/h1-8,21H,9-12,23H2,(H,20,24). The van der Waals surface area contributed by atoms with Crippen molar-refractivity contribution in [3.05, 3.63) is 65.4 Å². The molecule has 0 fully saturated rings. The van der Waals surface area contributed by atoms with Gasteiger partial charge in [0.15, 0.2) is 5.11 Å². The van der Waals surface area contributed by atoms with E-state index < -0.39 is 0 Å². The lowest BCUT2D eigenvalue weighted by Crippen LogP contribution is -2.42. The maximum absolute atomic E-state index is 5.62. The van der Waals surface area contributed by atoms with Gasteiger partial charge in [-0.2, -0.15) is 0 Å². The fourth-order valence-corrected chi connectivity index (χ4v) is 3.88. The van der Waals surface area contributed by atoms with Gasteiger partial charge >= 0.3 is 0 Å². The van der Waals surface area contributed by atoms with Crippen LogP contribution in [-0.4, -0.2) is 21.5 Å². The Labute approximate surface area is 149 Å². The minimum absolute atomic E-state index is 0.758. The van der Waals surface area contributed by atoms with Gasteiger partial charge in [0.1, 0.15) is 0 Å². The highest BCUT2D eigenvalue weighted by molar-refractivity contribution is 7.80. The molecule has 0 saturated carbocycles. The Morgan fingerprint density at radius 3 is 2.83 bits per heavy atom. The van der Waals surface area contributed by atoms with Crippen LogP contribution in [-0.2, 0) is 19.5 Å². The number of benzene rings is 2. The van der Waals surface area contributed by atoms with Gasteiger partial charge in [0.05, 0.1) is 6.54 Å². The zero-order chi connectivity index (χ0) is 16.5. The Bertz CT molecular complexity index is 903. The van der Waals surface area contributed by atoms with Gasteiger partial charge in [-0.1, -0.05) is 42.5 Å². The number of nitrogens with zero attached hydrogens (tertiary/aromatic N) is 1. The highest BCUT2D eigenvalue weighted by Gasteiger charge is 2.21. The zero-order valence-electron chi connectivity index (χ0n) is 13.4. The third kappa shape index (κ3) is 2.92. The first-order valence-electron chi connectivity index (χ1n) is 8.17. The quantitative estimate of drug-likeness (QED) is 0.548. The van der Waals surface area contributed by atoms with Gasteiger partial charge in [-0.25, -0.2) is 0 Å². The summed E-state index contributed by atoms with van der Waals surface area (Å²) in [6, 6.07) is 16.9. The summed E-state index contributed by atoms with van der Waals surface area (Å²) < 4.78 is 0. The molecule has 0 spiro atoms. The fraction of sp³-hybridized carbons (Fsp3) is 0.211. The maximum atomic E-state index is 5.62. The van der Waals surface area contributed by atoms with Crippen LogP contribution in [0.5, 0.6) is 0 Å². The highest BCUT2D eigenvalue weighted by Crippen LogP contribution is 2.27. The summed E-state index contributed by atoms with van der Waals surface area (Å²) in [4.78, 5) is 5.80. The van der Waals surface area contributed by atoms with Crippen molar-refractivity contribution < 1.29 is 0 Å². The smallest absolute Gasteiger partial charge is 0.169 e. The summed E-state index contributed by atoms with van der Waals surface area (Å²) in [5.74, 6) is 0. The normalized spacial score (nSPS) is 13.8. The molecular weight excluding hydrogens is 333 g/mol. The van der Waals surface area contributed by atoms with E-state index in [1.165, 1.54) is 33.0 Å². The SMILES string of the molecule is Pc1ccccc1CNC(=S)N1CCc2c([nH]c3ccccc23)C1. The molecular formula is C19H20N3PS. The monoisotopic (exact) mass is 353 g/mol. The van der Waals surface area contributed by atoms with E-state index in [0.29, 0.717) is 0 Å². The molecule has 0 radical (unpaired) electrons. The molecule has 1 aliphatic rings. The van der Waals surface area contributed by atoms with Crippen LogP contribution in [0.25, 0.3) is 10.9 Å². The second-order valence-electron chi connectivity index (χ2n) is 6.16. The molecule has 0 saturated heterocycles. The van der Waals surface area contributed by atoms with Crippen LogP contribution in [0.3, 0.4) is 0 Å². The minimum Gasteiger partial charge on any atom is -0.358 e. The first-order valence-corrected chi connectivity index (χ1v) is 9.15. The number of aromatic amines is 1. The van der Waals surface area contributed by atoms with Gasteiger partial charge in [0.25, 0.3) is 0 Å². The maximum Gasteiger partial charge on any atom is 0.169 e. The van der Waals surface area contributed by atoms with Gasteiger partial charge in [0, 0.05) is 29.7 Å². The average molecular weight is 353 g/mol. The number of hydrogen-bond acceptors (Lipinski definition) is 1. The number of aromatic nitrogens is 1. The van der Waals surface area contributed by atoms with Crippen molar-refractivity contribution in [2.45, 2.75) is 19.5 Å². The Kier molecular flexibility index (Phi) is 4.26. The molecule has 2 N–H and O–H groups in total. The summed E-state index contributed by atoms with van der Waals surface area (Å²) in [6.45, 7) is 2.57. The lowest BCUT2D eigenvalue weighted by atomic mass is 10.0. The van der Waals surface area contributed by atoms with E-state index in [4.69, 9.17) is 12.2 Å². The van der Waals surface area contributed by atoms with Crippen molar-refractivity contribution in [2.24, 2.45) is 0 Å². The number of hydrogen-bond donors (Lipinski definition) is 2. The molecule has 0 bridgehead atoms. The second-order valence-corrected chi connectivity index (χ2v) is 7.17. The van der Waals surface area contributed by atoms with E-state index in [2.05, 4.69) is 66.9 Å². The number of fused-ring (bicyclic) bond motifs is 3. The Morgan fingerprint density at radius 1 is 1.17 bits per heavy atom. The molecule has 1 atom stereocenters. The molecule has 24 heavy (non-hydrogen) atoms. The first-order chi connectivity index (χ1) is 11.7. The second kappa shape index (κ2) is 6.54. The zero-order valence-corrected chi connectivity index (χ0v) is 15.4. The molecule has 1 unspecified atom stereocenters. The van der Waals surface area contributed by atoms with E-state index in [9.17, 15) is 0 Å². The predicted molar refractivity (Wildman–Crippen MR) is 108 cm³/mol. The van der Waals surface area contributed by atoms with Crippen LogP contribution < -0.4 is 10.6 Å². The lowest BCUT2D eigenvalue weighted by Gasteiger charge is -2.29. The van der Waals surface area contributed by atoms with Crippen molar-refractivity contribution in [1.29, 1.82) is 0 Å². The fourth-order valence-electron chi connectivity index (χ4n) is 3.34. The summed E-state index contributed by atoms with van der Waals surface area (Å²) in [5.41, 5.74) is 5.21. The number of para-hydroxylation sites is 1. The van der Waals surface area contributed by atoms with Crippen LogP contribution in [0.15, 0.2) is 48.5 Å². The largest absolute Gasteiger partial charge is 0.358 e. The van der Waals surface area contributed by atoms with Crippen LogP contribution in [0.1, 0.15) is 16.8 Å². The Balaban J connectivity index is 1.46. The summed E-state index contributed by atoms with van der Waals surface area (Å²) >= 11 is 5.62. The van der Waals surface area contributed by atoms with Gasteiger partial charge < -0.3 is 15.2 Å². The molecule has 2 heterocycles. The van der Waals surface area contributed by atoms with E-state index in [-0.39, 0.29) is 0 Å². The average Bonchev–Trinajstić information content (AvgIpc) is 2.98. The van der Waals surface area contributed by atoms with Crippen molar-refractivity contribution >= 4 is 42.8 Å². The third-order valence-corrected chi connectivity index (χ3v) is 5.62. The highest BCUT2D eigenvalue weighted by atomic mass is 32.1. The molecule has 1 aromatic heterocycles. The molecule has 122 valence electrons. The summed E-state index contributed by atoms with van der Waals surface area (Å²) in [6.07, 6.45) is 1.03. The molecule has 1 aliphatic heterocycles. The molecule has 0 amide bonds. The minimum atomic E-state index is 0.758. The van der Waals surface area contributed by atoms with E-state index >= 15 is 0 Å². The number of H-pyrrole nitrogens is 1. The molecule has 3 nitrogen and oxygen atoms in total. The summed E-state index contributed by atoms with van der Waals surface area (Å²) in [5, 5.41) is 6.79. The van der Waals surface area contributed by atoms with Crippen LogP contribution >= 0.6 is 21.5 Å². The number of rotatable bonds is 2. The van der Waals surface area contributed by atoms with Crippen LogP contribution in [0.4, 0.5) is 0 Å². The Hall–Kier alpha value is -1.90. The Morgan fingerprint density at radius 2 is 1.96 bits per heavy atom. The lowest BCUT2D eigenvalue weighted by molar-refractivity contribution is 0.384. The van der Waals surface area contributed by atoms with Crippen molar-refractivity contribution in [3.63, 3.8) is 0 Å². The third-order valence-electron chi connectivity index (χ3n) is 4.66. The molecule has 3 aromatic rings. The number of thiocarbonyl (C=S) groups is 1. The van der Waals surface area contributed by atoms with E-state index in [0.717, 1.165) is 31.2 Å². The van der Waals surface area contributed by atoms with Gasteiger partial charge in [-0.3, -0.25) is 0 Å². The van der Waals surface area contributed by atoms with Crippen LogP contribution in [0, 0.1) is 0 Å². The van der Waals surface area contributed by atoms with Crippen LogP contribution in [0.2, 0.25) is 0 Å². The summed E-state index contributed by atoms with van der Waals surface area (Å²) in [7, 11) is 2.78. The first kappa shape index (κ1) is 15.6. The topological polar surface area (TPSA) is 31.1 Å². The molecule has 5 heteroatoms. The molecule has 2 aromatic carbocycles. The van der Waals surface area contributed by atoms with Crippen molar-refractivity contribution in [2.75, 3.05) is 6.54 Å². The van der Waals surface area contributed by atoms with E-state index in [1.807, 2.05) is 6.07 Å².